The Bertz CT molecular complexity index is 1050. The van der Waals surface area contributed by atoms with Crippen molar-refractivity contribution < 1.29 is 14.3 Å². The van der Waals surface area contributed by atoms with Crippen molar-refractivity contribution in [1.82, 2.24) is 15.0 Å². The SMILES string of the molecule is CCC(C)(C)c1ccc2nn(-c3ccc(Cl)cc3OC(=O)OC(C)(C)C)nc2c1. The van der Waals surface area contributed by atoms with Gasteiger partial charge in [-0.2, -0.15) is 0 Å². The Labute approximate surface area is 175 Å². The molecule has 1 heterocycles. The van der Waals surface area contributed by atoms with Crippen LogP contribution in [0.2, 0.25) is 5.02 Å². The minimum atomic E-state index is -0.815. The zero-order chi connectivity index (χ0) is 21.4. The molecule has 0 unspecified atom stereocenters. The molecule has 0 bridgehead atoms. The van der Waals surface area contributed by atoms with E-state index >= 15 is 0 Å². The maximum Gasteiger partial charge on any atom is 0.514 e. The summed E-state index contributed by atoms with van der Waals surface area (Å²) in [5.41, 5.74) is 2.58. The first-order valence-electron chi connectivity index (χ1n) is 9.57. The highest BCUT2D eigenvalue weighted by Gasteiger charge is 2.22. The van der Waals surface area contributed by atoms with Gasteiger partial charge >= 0.3 is 6.16 Å². The molecule has 0 radical (unpaired) electrons. The summed E-state index contributed by atoms with van der Waals surface area (Å²) in [6, 6.07) is 11.0. The third-order valence-electron chi connectivity index (χ3n) is 4.77. The molecule has 3 rings (SSSR count). The Kier molecular flexibility index (Phi) is 5.59. The summed E-state index contributed by atoms with van der Waals surface area (Å²) >= 11 is 6.10. The lowest BCUT2D eigenvalue weighted by atomic mass is 9.82. The Morgan fingerprint density at radius 2 is 1.72 bits per heavy atom. The fraction of sp³-hybridized carbons (Fsp3) is 0.409. The molecule has 1 aromatic heterocycles. The zero-order valence-corrected chi connectivity index (χ0v) is 18.4. The summed E-state index contributed by atoms with van der Waals surface area (Å²) in [4.78, 5) is 13.6. The number of hydrogen-bond acceptors (Lipinski definition) is 5. The molecule has 0 fully saturated rings. The lowest BCUT2D eigenvalue weighted by molar-refractivity contribution is 0.0206. The van der Waals surface area contributed by atoms with Crippen LogP contribution in [0, 0.1) is 0 Å². The van der Waals surface area contributed by atoms with Crippen LogP contribution in [0.15, 0.2) is 36.4 Å². The predicted molar refractivity (Wildman–Crippen MR) is 114 cm³/mol. The van der Waals surface area contributed by atoms with Crippen molar-refractivity contribution in [2.75, 3.05) is 0 Å². The largest absolute Gasteiger partial charge is 0.514 e. The smallest absolute Gasteiger partial charge is 0.428 e. The molecule has 7 heteroatoms. The number of carbonyl (C=O) groups excluding carboxylic acids is 1. The average molecular weight is 416 g/mol. The number of benzene rings is 2. The van der Waals surface area contributed by atoms with Gasteiger partial charge in [-0.15, -0.1) is 15.0 Å². The van der Waals surface area contributed by atoms with Gasteiger partial charge in [-0.25, -0.2) is 4.79 Å². The molecule has 0 N–H and O–H groups in total. The molecule has 6 nitrogen and oxygen atoms in total. The van der Waals surface area contributed by atoms with Crippen molar-refractivity contribution in [2.45, 2.75) is 59.0 Å². The highest BCUT2D eigenvalue weighted by atomic mass is 35.5. The minimum absolute atomic E-state index is 0.0449. The average Bonchev–Trinajstić information content (AvgIpc) is 3.03. The van der Waals surface area contributed by atoms with Crippen LogP contribution in [-0.4, -0.2) is 26.8 Å². The summed E-state index contributed by atoms with van der Waals surface area (Å²) < 4.78 is 10.6. The first-order chi connectivity index (χ1) is 13.5. The van der Waals surface area contributed by atoms with Gasteiger partial charge in [-0.3, -0.25) is 0 Å². The Hall–Kier alpha value is -2.60. The van der Waals surface area contributed by atoms with Gasteiger partial charge in [0.05, 0.1) is 0 Å². The van der Waals surface area contributed by atoms with Crippen LogP contribution < -0.4 is 4.74 Å². The van der Waals surface area contributed by atoms with Gasteiger partial charge in [-0.05, 0) is 62.4 Å². The molecule has 0 atom stereocenters. The number of carbonyl (C=O) groups is 1. The molecule has 154 valence electrons. The van der Waals surface area contributed by atoms with E-state index in [-0.39, 0.29) is 11.2 Å². The van der Waals surface area contributed by atoms with Gasteiger partial charge in [0.2, 0.25) is 0 Å². The van der Waals surface area contributed by atoms with Crippen LogP contribution in [-0.2, 0) is 10.2 Å². The molecule has 0 amide bonds. The van der Waals surface area contributed by atoms with Crippen LogP contribution in [0.1, 0.15) is 53.5 Å². The van der Waals surface area contributed by atoms with Crippen molar-refractivity contribution in [3.05, 3.63) is 47.0 Å². The lowest BCUT2D eigenvalue weighted by Crippen LogP contribution is -2.26. The molecule has 0 aliphatic heterocycles. The normalized spacial score (nSPS) is 12.2. The zero-order valence-electron chi connectivity index (χ0n) is 17.6. The van der Waals surface area contributed by atoms with Crippen LogP contribution >= 0.6 is 11.6 Å². The number of rotatable bonds is 4. The Morgan fingerprint density at radius 3 is 2.38 bits per heavy atom. The van der Waals surface area contributed by atoms with E-state index in [2.05, 4.69) is 37.0 Å². The molecular formula is C22H26ClN3O3. The fourth-order valence-electron chi connectivity index (χ4n) is 2.74. The molecule has 0 saturated heterocycles. The molecule has 0 aliphatic rings. The third-order valence-corrected chi connectivity index (χ3v) is 5.00. The van der Waals surface area contributed by atoms with E-state index in [1.165, 1.54) is 10.4 Å². The van der Waals surface area contributed by atoms with Crippen molar-refractivity contribution in [3.63, 3.8) is 0 Å². The molecule has 0 saturated carbocycles. The van der Waals surface area contributed by atoms with E-state index in [1.54, 1.807) is 39.0 Å². The number of hydrogen-bond donors (Lipinski definition) is 0. The second-order valence-electron chi connectivity index (χ2n) is 8.61. The molecule has 0 aliphatic carbocycles. The summed E-state index contributed by atoms with van der Waals surface area (Å²) in [5.74, 6) is 0.223. The molecule has 29 heavy (non-hydrogen) atoms. The Morgan fingerprint density at radius 1 is 1.03 bits per heavy atom. The molecule has 3 aromatic rings. The first kappa shape index (κ1) is 21.1. The molecular weight excluding hydrogens is 390 g/mol. The van der Waals surface area contributed by atoms with E-state index in [1.807, 2.05) is 12.1 Å². The van der Waals surface area contributed by atoms with Crippen molar-refractivity contribution in [1.29, 1.82) is 0 Å². The molecule has 0 spiro atoms. The summed E-state index contributed by atoms with van der Waals surface area (Å²) in [5, 5.41) is 9.56. The van der Waals surface area contributed by atoms with Gasteiger partial charge < -0.3 is 9.47 Å². The van der Waals surface area contributed by atoms with Crippen LogP contribution in [0.5, 0.6) is 5.75 Å². The fourth-order valence-corrected chi connectivity index (χ4v) is 2.91. The van der Waals surface area contributed by atoms with Crippen LogP contribution in [0.3, 0.4) is 0 Å². The highest BCUT2D eigenvalue weighted by molar-refractivity contribution is 6.30. The van der Waals surface area contributed by atoms with E-state index in [0.29, 0.717) is 10.7 Å². The van der Waals surface area contributed by atoms with E-state index in [4.69, 9.17) is 21.1 Å². The number of fused-ring (bicyclic) bond motifs is 1. The van der Waals surface area contributed by atoms with Crippen molar-refractivity contribution in [2.24, 2.45) is 0 Å². The second kappa shape index (κ2) is 7.67. The number of halogens is 1. The van der Waals surface area contributed by atoms with Gasteiger partial charge in [0.1, 0.15) is 22.3 Å². The van der Waals surface area contributed by atoms with E-state index < -0.39 is 11.8 Å². The van der Waals surface area contributed by atoms with E-state index in [0.717, 1.165) is 17.5 Å². The number of nitrogens with zero attached hydrogens (tertiary/aromatic N) is 3. The topological polar surface area (TPSA) is 66.2 Å². The number of aromatic nitrogens is 3. The minimum Gasteiger partial charge on any atom is -0.428 e. The van der Waals surface area contributed by atoms with Gasteiger partial charge in [0.25, 0.3) is 0 Å². The summed E-state index contributed by atoms with van der Waals surface area (Å²) in [7, 11) is 0. The van der Waals surface area contributed by atoms with E-state index in [9.17, 15) is 4.79 Å². The highest BCUT2D eigenvalue weighted by Crippen LogP contribution is 2.30. The number of ether oxygens (including phenoxy) is 2. The van der Waals surface area contributed by atoms with Crippen molar-refractivity contribution in [3.8, 4) is 11.4 Å². The van der Waals surface area contributed by atoms with Gasteiger partial charge in [0, 0.05) is 11.1 Å². The second-order valence-corrected chi connectivity index (χ2v) is 9.05. The van der Waals surface area contributed by atoms with Gasteiger partial charge in [-0.1, -0.05) is 38.4 Å². The third kappa shape index (κ3) is 4.88. The monoisotopic (exact) mass is 415 g/mol. The maximum absolute atomic E-state index is 12.1. The lowest BCUT2D eigenvalue weighted by Gasteiger charge is -2.22. The maximum atomic E-state index is 12.1. The van der Waals surface area contributed by atoms with Crippen LogP contribution in [0.4, 0.5) is 4.79 Å². The molecule has 2 aromatic carbocycles. The first-order valence-corrected chi connectivity index (χ1v) is 9.95. The van der Waals surface area contributed by atoms with Gasteiger partial charge in [0.15, 0.2) is 5.75 Å². The van der Waals surface area contributed by atoms with Crippen molar-refractivity contribution >= 4 is 28.8 Å². The standard InChI is InChI=1S/C22H26ClN3O3/c1-7-22(5,6)14-8-10-16-17(12-14)25-26(24-16)18-11-9-15(23)13-19(18)28-20(27)29-21(2,3)4/h8-13H,7H2,1-6H3. The Balaban J connectivity index is 2.00. The van der Waals surface area contributed by atoms with Crippen LogP contribution in [0.25, 0.3) is 16.7 Å². The summed E-state index contributed by atoms with van der Waals surface area (Å²) in [6.45, 7) is 11.9. The summed E-state index contributed by atoms with van der Waals surface area (Å²) in [6.07, 6.45) is 0.197. The quantitative estimate of drug-likeness (QED) is 0.381. The predicted octanol–water partition coefficient (Wildman–Crippen LogP) is 6.08.